The van der Waals surface area contributed by atoms with E-state index in [1.54, 1.807) is 12.3 Å². The second-order valence-electron chi connectivity index (χ2n) is 4.22. The molecule has 0 atom stereocenters. The van der Waals surface area contributed by atoms with Gasteiger partial charge in [-0.05, 0) is 31.7 Å². The minimum Gasteiger partial charge on any atom is -0.490 e. The summed E-state index contributed by atoms with van der Waals surface area (Å²) in [7, 11) is 0. The van der Waals surface area contributed by atoms with Crippen LogP contribution in [0.5, 0.6) is 5.75 Å². The molecule has 0 spiro atoms. The van der Waals surface area contributed by atoms with Crippen molar-refractivity contribution in [2.75, 3.05) is 0 Å². The van der Waals surface area contributed by atoms with Crippen LogP contribution in [0.15, 0.2) is 18.3 Å². The normalized spacial score (nSPS) is 17.4. The lowest BCUT2D eigenvalue weighted by Gasteiger charge is -2.16. The first-order chi connectivity index (χ1) is 7.88. The van der Waals surface area contributed by atoms with Gasteiger partial charge in [-0.15, -0.1) is 0 Å². The zero-order valence-electron chi connectivity index (χ0n) is 9.35. The molecule has 1 aliphatic rings. The average Bonchev–Trinajstić information content (AvgIpc) is 2.58. The van der Waals surface area contributed by atoms with E-state index in [0.29, 0.717) is 11.8 Å². The Balaban J connectivity index is 1.99. The van der Waals surface area contributed by atoms with Crippen molar-refractivity contribution >= 4 is 0 Å². The molecule has 1 aromatic heterocycles. The summed E-state index contributed by atoms with van der Waals surface area (Å²) in [6.07, 6.45) is 9.34. The Bertz CT molecular complexity index is 376. The van der Waals surface area contributed by atoms with Crippen LogP contribution in [0.3, 0.4) is 0 Å². The number of ether oxygens (including phenoxy) is 1. The van der Waals surface area contributed by atoms with Crippen LogP contribution in [0.2, 0.25) is 0 Å². The molecule has 0 N–H and O–H groups in total. The number of hydrogen-bond acceptors (Lipinski definition) is 3. The molecular weight excluding hydrogens is 200 g/mol. The second kappa shape index (κ2) is 5.50. The van der Waals surface area contributed by atoms with Gasteiger partial charge < -0.3 is 4.74 Å². The number of hydrogen-bond donors (Lipinski definition) is 0. The Morgan fingerprint density at radius 3 is 2.69 bits per heavy atom. The van der Waals surface area contributed by atoms with E-state index in [-0.39, 0.29) is 0 Å². The lowest BCUT2D eigenvalue weighted by Crippen LogP contribution is -2.15. The van der Waals surface area contributed by atoms with Crippen molar-refractivity contribution in [1.82, 2.24) is 4.98 Å². The summed E-state index contributed by atoms with van der Waals surface area (Å²) in [6, 6.07) is 5.56. The molecule has 1 saturated carbocycles. The van der Waals surface area contributed by atoms with Crippen molar-refractivity contribution in [2.24, 2.45) is 0 Å². The van der Waals surface area contributed by atoms with Gasteiger partial charge in [0.1, 0.15) is 17.5 Å². The maximum atomic E-state index is 8.74. The fourth-order valence-corrected chi connectivity index (χ4v) is 2.10. The van der Waals surface area contributed by atoms with Gasteiger partial charge >= 0.3 is 0 Å². The molecule has 0 aliphatic heterocycles. The zero-order chi connectivity index (χ0) is 11.2. The molecule has 16 heavy (non-hydrogen) atoms. The number of aromatic nitrogens is 1. The highest BCUT2D eigenvalue weighted by Gasteiger charge is 2.13. The Morgan fingerprint density at radius 2 is 2.00 bits per heavy atom. The number of rotatable bonds is 2. The Morgan fingerprint density at radius 1 is 1.25 bits per heavy atom. The highest BCUT2D eigenvalue weighted by Crippen LogP contribution is 2.22. The van der Waals surface area contributed by atoms with Crippen molar-refractivity contribution < 1.29 is 4.74 Å². The van der Waals surface area contributed by atoms with E-state index in [1.165, 1.54) is 25.7 Å². The van der Waals surface area contributed by atoms with Gasteiger partial charge in [-0.25, -0.2) is 4.98 Å². The van der Waals surface area contributed by atoms with Crippen LogP contribution >= 0.6 is 0 Å². The third-order valence-corrected chi connectivity index (χ3v) is 2.95. The molecule has 0 unspecified atom stereocenters. The molecule has 1 aliphatic carbocycles. The molecular formula is C13H16N2O. The largest absolute Gasteiger partial charge is 0.490 e. The summed E-state index contributed by atoms with van der Waals surface area (Å²) in [4.78, 5) is 3.93. The number of nitrogens with zero attached hydrogens (tertiary/aromatic N) is 2. The Labute approximate surface area is 96.1 Å². The number of pyridine rings is 1. The zero-order valence-corrected chi connectivity index (χ0v) is 9.35. The maximum absolute atomic E-state index is 8.74. The Hall–Kier alpha value is -1.56. The van der Waals surface area contributed by atoms with Gasteiger partial charge in [0.05, 0.1) is 6.10 Å². The second-order valence-corrected chi connectivity index (χ2v) is 4.22. The van der Waals surface area contributed by atoms with Gasteiger partial charge in [0.15, 0.2) is 0 Å². The van der Waals surface area contributed by atoms with Gasteiger partial charge in [-0.3, -0.25) is 0 Å². The first-order valence-electron chi connectivity index (χ1n) is 5.91. The van der Waals surface area contributed by atoms with Crippen LogP contribution < -0.4 is 4.74 Å². The van der Waals surface area contributed by atoms with Crippen LogP contribution in [0, 0.1) is 11.3 Å². The lowest BCUT2D eigenvalue weighted by atomic mass is 10.1. The summed E-state index contributed by atoms with van der Waals surface area (Å²) in [5.74, 6) is 0.776. The predicted octanol–water partition coefficient (Wildman–Crippen LogP) is 3.05. The highest BCUT2D eigenvalue weighted by molar-refractivity contribution is 5.29. The summed E-state index contributed by atoms with van der Waals surface area (Å²) in [5, 5.41) is 8.74. The topological polar surface area (TPSA) is 45.9 Å². The van der Waals surface area contributed by atoms with Crippen LogP contribution in [0.1, 0.15) is 44.2 Å². The van der Waals surface area contributed by atoms with E-state index in [0.717, 1.165) is 18.6 Å². The van der Waals surface area contributed by atoms with E-state index in [9.17, 15) is 0 Å². The molecule has 1 aromatic rings. The molecule has 0 radical (unpaired) electrons. The van der Waals surface area contributed by atoms with Crippen LogP contribution in [-0.2, 0) is 0 Å². The molecule has 0 bridgehead atoms. The molecule has 84 valence electrons. The molecule has 3 heteroatoms. The van der Waals surface area contributed by atoms with Crippen molar-refractivity contribution in [2.45, 2.75) is 44.6 Å². The minimum atomic E-state index is 0.316. The minimum absolute atomic E-state index is 0.316. The van der Waals surface area contributed by atoms with Crippen LogP contribution in [0.4, 0.5) is 0 Å². The molecule has 3 nitrogen and oxygen atoms in total. The monoisotopic (exact) mass is 216 g/mol. The first kappa shape index (κ1) is 10.9. The van der Waals surface area contributed by atoms with Crippen molar-refractivity contribution in [3.63, 3.8) is 0 Å². The SMILES string of the molecule is N#Cc1cc(OC2CCCCCC2)ccn1. The van der Waals surface area contributed by atoms with Crippen molar-refractivity contribution in [3.05, 3.63) is 24.0 Å². The fraction of sp³-hybridized carbons (Fsp3) is 0.538. The molecule has 2 rings (SSSR count). The van der Waals surface area contributed by atoms with E-state index in [4.69, 9.17) is 10.00 Å². The average molecular weight is 216 g/mol. The quantitative estimate of drug-likeness (QED) is 0.714. The molecule has 0 amide bonds. The van der Waals surface area contributed by atoms with Gasteiger partial charge in [-0.1, -0.05) is 12.8 Å². The lowest BCUT2D eigenvalue weighted by molar-refractivity contribution is 0.183. The van der Waals surface area contributed by atoms with Crippen LogP contribution in [0.25, 0.3) is 0 Å². The molecule has 1 fully saturated rings. The summed E-state index contributed by atoms with van der Waals surface area (Å²) in [6.45, 7) is 0. The van der Waals surface area contributed by atoms with Gasteiger partial charge in [0.25, 0.3) is 0 Å². The third-order valence-electron chi connectivity index (χ3n) is 2.95. The predicted molar refractivity (Wildman–Crippen MR) is 61.1 cm³/mol. The van der Waals surface area contributed by atoms with Gasteiger partial charge in [0.2, 0.25) is 0 Å². The van der Waals surface area contributed by atoms with Gasteiger partial charge in [0, 0.05) is 12.3 Å². The first-order valence-corrected chi connectivity index (χ1v) is 5.91. The van der Waals surface area contributed by atoms with E-state index >= 15 is 0 Å². The standard InChI is InChI=1S/C13H16N2O/c14-10-11-9-13(7-8-15-11)16-12-5-3-1-2-4-6-12/h7-9,12H,1-6H2. The molecule has 1 heterocycles. The summed E-state index contributed by atoms with van der Waals surface area (Å²) >= 11 is 0. The van der Waals surface area contributed by atoms with E-state index in [2.05, 4.69) is 4.98 Å². The Kier molecular flexibility index (Phi) is 3.76. The smallest absolute Gasteiger partial charge is 0.144 e. The maximum Gasteiger partial charge on any atom is 0.144 e. The molecule has 0 saturated heterocycles. The molecule has 0 aromatic carbocycles. The summed E-state index contributed by atoms with van der Waals surface area (Å²) in [5.41, 5.74) is 0.422. The van der Waals surface area contributed by atoms with Crippen molar-refractivity contribution in [1.29, 1.82) is 5.26 Å². The van der Waals surface area contributed by atoms with Crippen molar-refractivity contribution in [3.8, 4) is 11.8 Å². The fourth-order valence-electron chi connectivity index (χ4n) is 2.10. The van der Waals surface area contributed by atoms with Gasteiger partial charge in [-0.2, -0.15) is 5.26 Å². The van der Waals surface area contributed by atoms with Crippen LogP contribution in [-0.4, -0.2) is 11.1 Å². The van der Waals surface area contributed by atoms with E-state index in [1.807, 2.05) is 12.1 Å². The number of nitriles is 1. The van der Waals surface area contributed by atoms with E-state index < -0.39 is 0 Å². The highest BCUT2D eigenvalue weighted by atomic mass is 16.5. The summed E-state index contributed by atoms with van der Waals surface area (Å²) < 4.78 is 5.89. The third kappa shape index (κ3) is 2.96.